The number of rotatable bonds is 27. The Morgan fingerprint density at radius 1 is 0.555 bits per heavy atom. The van der Waals surface area contributed by atoms with Crippen LogP contribution < -0.4 is 75.1 Å². The van der Waals surface area contributed by atoms with E-state index in [1.54, 1.807) is 86.6 Å². The van der Waals surface area contributed by atoms with Crippen molar-refractivity contribution in [3.63, 3.8) is 0 Å². The number of nitrogens with two attached hydrogens (primary N) is 3. The quantitative estimate of drug-likeness (QED) is 0.0229. The van der Waals surface area contributed by atoms with E-state index in [2.05, 4.69) is 68.1 Å². The first-order valence-electron chi connectivity index (χ1n) is 45.0. The molecule has 3 aliphatic heterocycles. The lowest BCUT2D eigenvalue weighted by molar-refractivity contribution is -0.149. The number of para-hydroxylation sites is 2. The minimum absolute atomic E-state index is 0.0760. The van der Waals surface area contributed by atoms with Crippen LogP contribution in [0.5, 0.6) is 5.75 Å². The van der Waals surface area contributed by atoms with Crippen LogP contribution in [0.4, 0.5) is 0 Å². The molecule has 0 aliphatic carbocycles. The van der Waals surface area contributed by atoms with Gasteiger partial charge in [0.2, 0.25) is 106 Å². The Labute approximate surface area is 792 Å². The van der Waals surface area contributed by atoms with Gasteiger partial charge in [0.1, 0.15) is 96.9 Å². The fourth-order valence-electron chi connectivity index (χ4n) is 16.6. The Bertz CT molecular complexity index is 5360. The van der Waals surface area contributed by atoms with E-state index in [0.29, 0.717) is 51.5 Å². The van der Waals surface area contributed by atoms with E-state index in [1.165, 1.54) is 64.7 Å². The maximum atomic E-state index is 15.8. The van der Waals surface area contributed by atoms with Gasteiger partial charge in [-0.2, -0.15) is 0 Å². The van der Waals surface area contributed by atoms with Crippen LogP contribution in [0, 0.1) is 0 Å². The SMILES string of the molecule is CCCC[C@H]1C(=O)N(C)[C@@H](CCCC)C(=O)N[C@@H](CO)C(=O)N[C@H](C(=O)NCC(N)=O)CSCC(=O)N[C@@H](Cc2ccc(OC)cc2)C(=O)N(C)[C@@H](C)C(=O)N[C@H](CC(N)=O)C(=O)N2CCC[C@H]2C(=O)N[C@@H](Cc2c[nH]cn2)C(=O)N[C@@H](CCC(N)=O)C(=O)N2C[C@H](O)C[C@H]2C(=O)N[C@@H](Cc2c[nH]c3ccccc23)C(=O)N[C@@H](CO)C(=O)N[C@@H](Cc2cn(CC(=O)O)c3ccccc23)C(=O)N1C. The highest BCUT2D eigenvalue weighted by atomic mass is 32.2. The molecule has 46 nitrogen and oxygen atoms in total. The number of methoxy groups -OCH3 is 1. The van der Waals surface area contributed by atoms with Crippen molar-refractivity contribution in [2.75, 3.05) is 72.6 Å². The number of benzene rings is 3. The van der Waals surface area contributed by atoms with E-state index in [9.17, 15) is 78.0 Å². The normalized spacial score (nSPS) is 24.5. The van der Waals surface area contributed by atoms with Gasteiger partial charge in [-0.3, -0.25) is 91.1 Å². The highest BCUT2D eigenvalue weighted by Gasteiger charge is 2.47. The molecule has 47 heteroatoms. The van der Waals surface area contributed by atoms with Crippen molar-refractivity contribution in [1.82, 2.24) is 97.2 Å². The van der Waals surface area contributed by atoms with E-state index < -0.39 is 292 Å². The van der Waals surface area contributed by atoms with Crippen LogP contribution in [-0.2, 0) is 123 Å². The fourth-order valence-corrected chi connectivity index (χ4v) is 17.5. The van der Waals surface area contributed by atoms with Gasteiger partial charge in [0.05, 0.1) is 57.2 Å². The summed E-state index contributed by atoms with van der Waals surface area (Å²) in [6.45, 7) is 0.389. The van der Waals surface area contributed by atoms with Crippen LogP contribution in [0.3, 0.4) is 0 Å². The number of fused-ring (bicyclic) bond motifs is 4. The number of hydrogen-bond donors (Lipinski definition) is 19. The topological polar surface area (TPSA) is 678 Å². The molecular formula is C90H122N22O24S. The summed E-state index contributed by atoms with van der Waals surface area (Å²) < 4.78 is 6.71. The molecule has 0 radical (unpaired) electrons. The van der Waals surface area contributed by atoms with Crippen LogP contribution in [0.25, 0.3) is 21.8 Å². The number of aliphatic carboxylic acids is 1. The van der Waals surface area contributed by atoms with E-state index in [4.69, 9.17) is 21.9 Å². The monoisotopic (exact) mass is 1930 g/mol. The molecule has 742 valence electrons. The Balaban J connectivity index is 1.11. The van der Waals surface area contributed by atoms with E-state index in [-0.39, 0.29) is 62.7 Å². The number of carboxylic acids is 1. The molecule has 3 saturated heterocycles. The fraction of sp³-hybridized carbons (Fsp3) is 0.511. The standard InChI is InChI=1S/C90H122N22O24S/c1-8-10-20-68-83(128)105-65(44-114)82(127)106-66(78(123)96-39-74(93)118)45-137-46-75(119)98-61(31-49-24-26-54(136-7)27-25-49)86(131)107(4)48(3)77(122)102-63(36-73(92)117)89(134)111-30-16-23-69(111)84(129)101-60(34-52-38-94-47-97-52)80(125)99-58(28-29-72(91)116)88(133)112-41-53(115)35-71(112)85(130)100-59(32-50-37-95-57-19-14-12-17-55(50)57)79(124)104-64(43-113)81(126)103-62(87(132)109(6)70(21-11-9-2)90(135)108(68)5)33-51-40-110(42-76(120)121)67-22-15-13-18-56(51)67/h12-15,17-19,22,24-27,37-38,40,47-48,53,58-66,68-71,95,113-115H,8-11,16,20-21,23,28-36,39,41-46H2,1-7H3,(H2,91,116)(H2,92,117)(H2,93,118)(H,94,97)(H,96,123)(H,98,119)(H,99,125)(H,100,130)(H,101,129)(H,102,122)(H,103,126)(H,104,124)(H,105,128)(H,106,127)(H,120,121)/t48-,53+,58-,59-,60-,61-,62-,63+,64-,65-,66-,68-,69-,70-,71-/m0/s1. The van der Waals surface area contributed by atoms with Crippen molar-refractivity contribution in [2.24, 2.45) is 17.2 Å². The number of primary amides is 3. The van der Waals surface area contributed by atoms with Gasteiger partial charge in [-0.25, -0.2) is 4.98 Å². The first-order chi connectivity index (χ1) is 65.3. The van der Waals surface area contributed by atoms with Gasteiger partial charge in [0.15, 0.2) is 0 Å². The number of H-pyrrole nitrogens is 2. The lowest BCUT2D eigenvalue weighted by Crippen LogP contribution is -2.62. The van der Waals surface area contributed by atoms with Gasteiger partial charge < -0.3 is 135 Å². The zero-order valence-corrected chi connectivity index (χ0v) is 77.9. The molecule has 0 spiro atoms. The largest absolute Gasteiger partial charge is 0.497 e. The molecule has 3 aliphatic rings. The second-order valence-corrected chi connectivity index (χ2v) is 35.1. The number of unbranched alkanes of at least 4 members (excludes halogenated alkanes) is 2. The number of likely N-dealkylation sites (N-methyl/N-ethyl adjacent to an activating group) is 3. The molecule has 3 aromatic heterocycles. The molecular weight excluding hydrogens is 1810 g/mol. The van der Waals surface area contributed by atoms with E-state index in [1.807, 2.05) is 0 Å². The number of carbonyl (C=O) groups is 19. The van der Waals surface area contributed by atoms with Gasteiger partial charge in [-0.1, -0.05) is 88.1 Å². The summed E-state index contributed by atoms with van der Waals surface area (Å²) in [5.41, 5.74) is 19.0. The summed E-state index contributed by atoms with van der Waals surface area (Å²) in [7, 11) is 5.13. The lowest BCUT2D eigenvalue weighted by atomic mass is 10.00. The first kappa shape index (κ1) is 107. The van der Waals surface area contributed by atoms with Gasteiger partial charge in [0, 0.05) is 119 Å². The number of carboxylic acid groups (broad SMARTS) is 1. The number of nitrogens with one attached hydrogen (secondary N) is 12. The minimum atomic E-state index is -2.01. The molecule has 0 bridgehead atoms. The summed E-state index contributed by atoms with van der Waals surface area (Å²) in [4.78, 5) is 289. The predicted molar refractivity (Wildman–Crippen MR) is 493 cm³/mol. The third-order valence-corrected chi connectivity index (χ3v) is 25.2. The Morgan fingerprint density at radius 3 is 1.74 bits per heavy atom. The van der Waals surface area contributed by atoms with Gasteiger partial charge in [0.25, 0.3) is 0 Å². The van der Waals surface area contributed by atoms with Crippen LogP contribution in [0.15, 0.2) is 97.7 Å². The summed E-state index contributed by atoms with van der Waals surface area (Å²) in [6.07, 6.45) is 1.32. The van der Waals surface area contributed by atoms with E-state index >= 15 is 33.6 Å². The minimum Gasteiger partial charge on any atom is -0.497 e. The summed E-state index contributed by atoms with van der Waals surface area (Å²) in [6, 6.07) is -3.99. The smallest absolute Gasteiger partial charge is 0.323 e. The Morgan fingerprint density at radius 2 is 1.12 bits per heavy atom. The molecule has 9 rings (SSSR count). The molecule has 22 N–H and O–H groups in total. The third kappa shape index (κ3) is 29.0. The molecule has 0 saturated carbocycles. The van der Waals surface area contributed by atoms with Crippen molar-refractivity contribution >= 4 is 146 Å². The molecule has 137 heavy (non-hydrogen) atoms. The number of nitrogens with zero attached hydrogens (tertiary/aromatic N) is 7. The highest BCUT2D eigenvalue weighted by molar-refractivity contribution is 8.00. The number of aliphatic hydroxyl groups is 3. The van der Waals surface area contributed by atoms with Crippen LogP contribution in [-0.4, -0.2) is 340 Å². The highest BCUT2D eigenvalue weighted by Crippen LogP contribution is 2.29. The average Bonchev–Trinajstić information content (AvgIpc) is 1.63. The average molecular weight is 1930 g/mol. The molecule has 3 fully saturated rings. The lowest BCUT2D eigenvalue weighted by Gasteiger charge is -2.36. The Kier molecular flexibility index (Phi) is 39.3. The second kappa shape index (κ2) is 50.5. The maximum Gasteiger partial charge on any atom is 0.323 e. The number of imidazole rings is 1. The maximum absolute atomic E-state index is 15.8. The van der Waals surface area contributed by atoms with Crippen molar-refractivity contribution in [2.45, 2.75) is 221 Å². The number of ether oxygens (including phenoxy) is 1. The van der Waals surface area contributed by atoms with Crippen molar-refractivity contribution < 1.29 is 116 Å². The summed E-state index contributed by atoms with van der Waals surface area (Å²) in [5.74, 6) is -20.6. The number of aromatic amines is 2. The van der Waals surface area contributed by atoms with Gasteiger partial charge in [-0.05, 0) is 80.0 Å². The predicted octanol–water partition coefficient (Wildman–Crippen LogP) is -5.12. The number of hydrogen-bond acceptors (Lipinski definition) is 25. The van der Waals surface area contributed by atoms with Crippen molar-refractivity contribution in [3.8, 4) is 5.75 Å². The number of amides is 18. The molecule has 3 aromatic carbocycles. The van der Waals surface area contributed by atoms with Crippen molar-refractivity contribution in [1.29, 1.82) is 0 Å². The van der Waals surface area contributed by atoms with Crippen LogP contribution in [0.2, 0.25) is 0 Å². The first-order valence-corrected chi connectivity index (χ1v) is 46.1. The second-order valence-electron chi connectivity index (χ2n) is 34.1. The van der Waals surface area contributed by atoms with Gasteiger partial charge >= 0.3 is 5.97 Å². The number of aromatic nitrogens is 4. The third-order valence-electron chi connectivity index (χ3n) is 24.2. The van der Waals surface area contributed by atoms with Crippen LogP contribution in [0.1, 0.15) is 120 Å². The molecule has 6 aromatic rings. The zero-order chi connectivity index (χ0) is 100. The molecule has 6 heterocycles. The van der Waals surface area contributed by atoms with Crippen LogP contribution >= 0.6 is 11.8 Å². The van der Waals surface area contributed by atoms with Crippen molar-refractivity contribution in [3.05, 3.63) is 120 Å². The van der Waals surface area contributed by atoms with Gasteiger partial charge in [-0.15, -0.1) is 11.8 Å². The number of aliphatic hydroxyl groups excluding tert-OH is 3. The number of thioether (sulfide) groups is 1. The summed E-state index contributed by atoms with van der Waals surface area (Å²) >= 11 is 0.718. The Hall–Kier alpha value is -14.1. The summed E-state index contributed by atoms with van der Waals surface area (Å²) in [5, 5.41) is 70.0. The molecule has 18 amide bonds. The number of carbonyl (C=O) groups excluding carboxylic acids is 18. The zero-order valence-electron chi connectivity index (χ0n) is 77.1. The molecule has 15 atom stereocenters. The molecule has 0 unspecified atom stereocenters. The van der Waals surface area contributed by atoms with E-state index in [0.717, 1.165) is 36.3 Å².